The van der Waals surface area contributed by atoms with Crippen LogP contribution in [0.25, 0.3) is 5.69 Å². The molecule has 0 atom stereocenters. The molecule has 0 bridgehead atoms. The van der Waals surface area contributed by atoms with Gasteiger partial charge in [0, 0.05) is 25.2 Å². The maximum absolute atomic E-state index is 12.5. The molecule has 0 unspecified atom stereocenters. The first-order valence-electron chi connectivity index (χ1n) is 10.0. The van der Waals surface area contributed by atoms with Crippen LogP contribution in [0.3, 0.4) is 0 Å². The lowest BCUT2D eigenvalue weighted by molar-refractivity contribution is -0.142. The summed E-state index contributed by atoms with van der Waals surface area (Å²) in [6, 6.07) is 6.86. The Kier molecular flexibility index (Phi) is 7.09. The van der Waals surface area contributed by atoms with Crippen molar-refractivity contribution in [1.82, 2.24) is 29.6 Å². The zero-order valence-corrected chi connectivity index (χ0v) is 18.5. The third-order valence-corrected chi connectivity index (χ3v) is 4.69. The van der Waals surface area contributed by atoms with Gasteiger partial charge < -0.3 is 4.74 Å². The molecular formula is C20H23F3N8O2. The van der Waals surface area contributed by atoms with E-state index in [4.69, 9.17) is 4.74 Å². The summed E-state index contributed by atoms with van der Waals surface area (Å²) in [6.45, 7) is 4.23. The van der Waals surface area contributed by atoms with Crippen LogP contribution in [-0.4, -0.2) is 47.4 Å². The van der Waals surface area contributed by atoms with Gasteiger partial charge in [0.25, 0.3) is 0 Å². The van der Waals surface area contributed by atoms with E-state index in [1.165, 1.54) is 24.0 Å². The highest BCUT2D eigenvalue weighted by atomic mass is 19.4. The number of hydrogen-bond acceptors (Lipinski definition) is 7. The summed E-state index contributed by atoms with van der Waals surface area (Å²) in [6.07, 6.45) is -2.71. The molecule has 0 fully saturated rings. The second kappa shape index (κ2) is 9.79. The van der Waals surface area contributed by atoms with Crippen LogP contribution in [0, 0.1) is 6.92 Å². The average Bonchev–Trinajstić information content (AvgIpc) is 3.34. The molecule has 2 heterocycles. The van der Waals surface area contributed by atoms with Gasteiger partial charge in [-0.05, 0) is 42.0 Å². The first kappa shape index (κ1) is 23.9. The lowest BCUT2D eigenvalue weighted by Crippen LogP contribution is -2.23. The van der Waals surface area contributed by atoms with Gasteiger partial charge in [-0.1, -0.05) is 19.1 Å². The molecule has 3 rings (SSSR count). The van der Waals surface area contributed by atoms with Crippen molar-refractivity contribution in [2.75, 3.05) is 0 Å². The molecule has 176 valence electrons. The van der Waals surface area contributed by atoms with E-state index in [1.807, 2.05) is 19.9 Å². The first-order chi connectivity index (χ1) is 15.6. The monoisotopic (exact) mass is 464 g/mol. The Morgan fingerprint density at radius 3 is 2.58 bits per heavy atom. The third kappa shape index (κ3) is 5.93. The van der Waals surface area contributed by atoms with E-state index >= 15 is 0 Å². The Morgan fingerprint density at radius 1 is 1.18 bits per heavy atom. The van der Waals surface area contributed by atoms with Crippen LogP contribution < -0.4 is 5.69 Å². The second-order valence-electron chi connectivity index (χ2n) is 7.20. The lowest BCUT2D eigenvalue weighted by Gasteiger charge is -2.13. The molecule has 0 radical (unpaired) electrons. The molecule has 0 spiro atoms. The van der Waals surface area contributed by atoms with Gasteiger partial charge in [0.15, 0.2) is 0 Å². The Bertz CT molecular complexity index is 1240. The summed E-state index contributed by atoms with van der Waals surface area (Å²) >= 11 is 0. The average molecular weight is 464 g/mol. The van der Waals surface area contributed by atoms with Crippen LogP contribution in [0.1, 0.15) is 37.1 Å². The quantitative estimate of drug-likeness (QED) is 0.304. The number of hydrogen-bond donors (Lipinski definition) is 0. The van der Waals surface area contributed by atoms with Crippen molar-refractivity contribution >= 4 is 11.6 Å². The molecule has 0 amide bonds. The minimum absolute atomic E-state index is 0.104. The molecule has 13 heteroatoms. The molecule has 0 saturated heterocycles. The Hall–Kier alpha value is -3.77. The van der Waals surface area contributed by atoms with Gasteiger partial charge in [0.1, 0.15) is 18.8 Å². The van der Waals surface area contributed by atoms with Crippen LogP contribution >= 0.6 is 0 Å². The zero-order valence-electron chi connectivity index (χ0n) is 18.5. The predicted molar refractivity (Wildman–Crippen MR) is 114 cm³/mol. The van der Waals surface area contributed by atoms with Gasteiger partial charge in [-0.3, -0.25) is 4.68 Å². The molecule has 10 nitrogen and oxygen atoms in total. The molecule has 0 N–H and O–H groups in total. The number of aromatic nitrogens is 6. The second-order valence-corrected chi connectivity index (χ2v) is 7.20. The molecule has 1 aromatic carbocycles. The molecule has 0 aliphatic heterocycles. The number of rotatable bonds is 7. The van der Waals surface area contributed by atoms with Crippen molar-refractivity contribution in [3.05, 3.63) is 57.8 Å². The van der Waals surface area contributed by atoms with E-state index in [9.17, 15) is 18.0 Å². The topological polar surface area (TPSA) is 104 Å². The Morgan fingerprint density at radius 2 is 1.94 bits per heavy atom. The number of alkyl halides is 3. The highest BCUT2D eigenvalue weighted by Crippen LogP contribution is 2.19. The summed E-state index contributed by atoms with van der Waals surface area (Å²) in [5, 5.41) is 19.6. The molecular weight excluding hydrogens is 441 g/mol. The minimum atomic E-state index is -4.36. The standard InChI is InChI=1S/C20H23F3N8O2/c1-5-18(25-24-14(3)16-9-10-30(26-16)12-20(21,22)23)33-11-15-13(2)7-6-8-17(15)31-19(32)29(4)27-28-31/h6-10H,5,11-12H2,1-4H3/b24-14-,25-18-. The van der Waals surface area contributed by atoms with Crippen LogP contribution in [0.5, 0.6) is 0 Å². The summed E-state index contributed by atoms with van der Waals surface area (Å²) in [5.41, 5.74) is 2.38. The van der Waals surface area contributed by atoms with Crippen molar-refractivity contribution in [2.24, 2.45) is 17.3 Å². The maximum atomic E-state index is 12.5. The van der Waals surface area contributed by atoms with E-state index in [1.54, 1.807) is 19.1 Å². The fourth-order valence-corrected chi connectivity index (χ4v) is 2.90. The molecule has 3 aromatic rings. The van der Waals surface area contributed by atoms with Crippen molar-refractivity contribution in [3.63, 3.8) is 0 Å². The van der Waals surface area contributed by atoms with Crippen molar-refractivity contribution in [1.29, 1.82) is 0 Å². The predicted octanol–water partition coefficient (Wildman–Crippen LogP) is 2.78. The fourth-order valence-electron chi connectivity index (χ4n) is 2.90. The fraction of sp³-hybridized carbons (Fsp3) is 0.400. The van der Waals surface area contributed by atoms with Gasteiger partial charge in [-0.2, -0.15) is 32.7 Å². The highest BCUT2D eigenvalue weighted by Gasteiger charge is 2.28. The summed E-state index contributed by atoms with van der Waals surface area (Å²) in [5.74, 6) is 0.310. The first-order valence-corrected chi connectivity index (χ1v) is 10.0. The SMILES string of the molecule is CC/C(=N/N=C(/C)c1ccn(CC(F)(F)F)n1)OCc1c(C)cccc1-n1nnn(C)c1=O. The smallest absolute Gasteiger partial charge is 0.408 e. The van der Waals surface area contributed by atoms with Crippen LogP contribution in [0.2, 0.25) is 0 Å². The minimum Gasteiger partial charge on any atom is -0.475 e. The largest absolute Gasteiger partial charge is 0.475 e. The van der Waals surface area contributed by atoms with E-state index in [-0.39, 0.29) is 12.3 Å². The molecule has 0 saturated carbocycles. The molecule has 2 aromatic heterocycles. The number of benzene rings is 1. The van der Waals surface area contributed by atoms with Crippen LogP contribution in [0.15, 0.2) is 45.5 Å². The van der Waals surface area contributed by atoms with Gasteiger partial charge >= 0.3 is 11.9 Å². The summed E-state index contributed by atoms with van der Waals surface area (Å²) in [4.78, 5) is 12.3. The number of aryl methyl sites for hydroxylation is 2. The number of ether oxygens (including phenoxy) is 1. The zero-order chi connectivity index (χ0) is 24.2. The Labute approximate surface area is 187 Å². The number of halogens is 3. The van der Waals surface area contributed by atoms with Crippen LogP contribution in [0.4, 0.5) is 13.2 Å². The van der Waals surface area contributed by atoms with E-state index in [2.05, 4.69) is 25.7 Å². The summed E-state index contributed by atoms with van der Waals surface area (Å²) in [7, 11) is 1.51. The lowest BCUT2D eigenvalue weighted by atomic mass is 10.1. The van der Waals surface area contributed by atoms with Gasteiger partial charge in [0.05, 0.1) is 11.4 Å². The van der Waals surface area contributed by atoms with Gasteiger partial charge in [-0.15, -0.1) is 5.10 Å². The van der Waals surface area contributed by atoms with Crippen molar-refractivity contribution in [3.8, 4) is 5.69 Å². The van der Waals surface area contributed by atoms with Gasteiger partial charge in [-0.25, -0.2) is 4.79 Å². The summed E-state index contributed by atoms with van der Waals surface area (Å²) < 4.78 is 46.5. The van der Waals surface area contributed by atoms with Crippen molar-refractivity contribution < 1.29 is 17.9 Å². The van der Waals surface area contributed by atoms with Crippen molar-refractivity contribution in [2.45, 2.75) is 46.5 Å². The van der Waals surface area contributed by atoms with E-state index in [0.717, 1.165) is 20.5 Å². The van der Waals surface area contributed by atoms with Crippen LogP contribution in [-0.2, 0) is 24.9 Å². The molecule has 33 heavy (non-hydrogen) atoms. The van der Waals surface area contributed by atoms with E-state index in [0.29, 0.717) is 23.7 Å². The third-order valence-electron chi connectivity index (χ3n) is 4.69. The van der Waals surface area contributed by atoms with E-state index < -0.39 is 18.4 Å². The van der Waals surface area contributed by atoms with Gasteiger partial charge in [0.2, 0.25) is 5.90 Å². The Balaban J connectivity index is 1.77. The maximum Gasteiger partial charge on any atom is 0.408 e. The molecule has 0 aliphatic rings. The normalized spacial score (nSPS) is 12.9. The number of nitrogens with zero attached hydrogens (tertiary/aromatic N) is 8. The molecule has 0 aliphatic carbocycles. The number of tetrazole rings is 1. The highest BCUT2D eigenvalue weighted by molar-refractivity contribution is 5.97.